The number of fused-ring (bicyclic) bond motifs is 1. The number of hydrogen-bond acceptors (Lipinski definition) is 9. The molecular weight excluding hydrogens is 554 g/mol. The molecule has 3 amide bonds. The fourth-order valence-electron chi connectivity index (χ4n) is 4.85. The van der Waals surface area contributed by atoms with Crippen LogP contribution in [0, 0.1) is 5.92 Å². The van der Waals surface area contributed by atoms with Crippen LogP contribution in [0.5, 0.6) is 0 Å². The van der Waals surface area contributed by atoms with Gasteiger partial charge < -0.3 is 20.4 Å². The summed E-state index contributed by atoms with van der Waals surface area (Å²) in [4.78, 5) is 57.8. The Hall–Kier alpha value is -3.13. The van der Waals surface area contributed by atoms with Crippen molar-refractivity contribution in [2.45, 2.75) is 44.3 Å². The fraction of sp³-hybridized carbons (Fsp3) is 0.538. The third kappa shape index (κ3) is 7.53. The van der Waals surface area contributed by atoms with Gasteiger partial charge >= 0.3 is 0 Å². The molecule has 1 aliphatic carbocycles. The Morgan fingerprint density at radius 2 is 1.95 bits per heavy atom. The smallest absolute Gasteiger partial charge is 0.293 e. The van der Waals surface area contributed by atoms with Crippen LogP contribution in [0.4, 0.5) is 5.82 Å². The van der Waals surface area contributed by atoms with Crippen LogP contribution < -0.4 is 16.1 Å². The van der Waals surface area contributed by atoms with Crippen molar-refractivity contribution in [1.29, 1.82) is 0 Å². The number of amides is 3. The molecule has 1 aliphatic heterocycles. The minimum atomic E-state index is -0.489. The lowest BCUT2D eigenvalue weighted by Crippen LogP contribution is -2.51. The number of nitrogens with one attached hydrogen (secondary N) is 3. The summed E-state index contributed by atoms with van der Waals surface area (Å²) in [5.74, 6) is -0.642. The number of thiazole rings is 1. The van der Waals surface area contributed by atoms with E-state index >= 15 is 0 Å². The largest absolute Gasteiger partial charge is 0.349 e. The predicted molar refractivity (Wildman–Crippen MR) is 155 cm³/mol. The molecule has 0 spiro atoms. The lowest BCUT2D eigenvalue weighted by atomic mass is 9.81. The maximum absolute atomic E-state index is 13.4. The van der Waals surface area contributed by atoms with Gasteiger partial charge in [0.05, 0.1) is 22.8 Å². The molecule has 3 atom stereocenters. The molecule has 0 bridgehead atoms. The Kier molecular flexibility index (Phi) is 9.72. The quantitative estimate of drug-likeness (QED) is 0.263. The van der Waals surface area contributed by atoms with Crippen LogP contribution in [0.1, 0.15) is 39.6 Å². The van der Waals surface area contributed by atoms with Crippen LogP contribution in [-0.2, 0) is 22.6 Å². The van der Waals surface area contributed by atoms with Crippen molar-refractivity contribution < 1.29 is 14.4 Å². The lowest BCUT2D eigenvalue weighted by molar-refractivity contribution is -0.134. The Labute approximate surface area is 243 Å². The molecule has 0 aromatic carbocycles. The third-order valence-electron chi connectivity index (χ3n) is 6.85. The van der Waals surface area contributed by atoms with Gasteiger partial charge in [-0.25, -0.2) is 15.0 Å². The van der Waals surface area contributed by atoms with Crippen molar-refractivity contribution in [3.05, 3.63) is 38.9 Å². The normalized spacial score (nSPS) is 21.5. The van der Waals surface area contributed by atoms with Crippen LogP contribution in [0.25, 0.3) is 0 Å². The van der Waals surface area contributed by atoms with Gasteiger partial charge in [0.2, 0.25) is 11.7 Å². The number of hydrogen-bond donors (Lipinski definition) is 3. The van der Waals surface area contributed by atoms with Crippen molar-refractivity contribution >= 4 is 52.3 Å². The van der Waals surface area contributed by atoms with E-state index in [1.165, 1.54) is 17.5 Å². The summed E-state index contributed by atoms with van der Waals surface area (Å²) in [7, 11) is 9.00. The molecule has 216 valence electrons. The monoisotopic (exact) mass is 589 g/mol. The molecular formula is C26H36ClN9O3S. The summed E-state index contributed by atoms with van der Waals surface area (Å²) in [5, 5.41) is 8.30. The SMILES string of the molecule is CN1CCc2nc(C(=O)NC3CC(C(=O)N(C)C)CCC3N=C(NN(C)C)C(=O)Nc3ccc(Cl)cn3)sc2C1. The Morgan fingerprint density at radius 1 is 1.18 bits per heavy atom. The number of likely N-dealkylation sites (N-methyl/N-ethyl adjacent to an activating group) is 1. The Morgan fingerprint density at radius 3 is 2.62 bits per heavy atom. The van der Waals surface area contributed by atoms with Crippen molar-refractivity contribution in [3.63, 3.8) is 0 Å². The first kappa shape index (κ1) is 29.8. The second-order valence-corrected chi connectivity index (χ2v) is 12.1. The number of aliphatic imine (C=N–C) groups is 1. The van der Waals surface area contributed by atoms with Gasteiger partial charge in [0.25, 0.3) is 11.8 Å². The van der Waals surface area contributed by atoms with Crippen LogP contribution in [0.3, 0.4) is 0 Å². The van der Waals surface area contributed by atoms with Gasteiger partial charge in [-0.2, -0.15) is 0 Å². The number of aromatic nitrogens is 2. The molecule has 2 aromatic rings. The summed E-state index contributed by atoms with van der Waals surface area (Å²) in [6, 6.07) is 2.31. The second kappa shape index (κ2) is 13.0. The maximum atomic E-state index is 13.4. The molecule has 3 heterocycles. The van der Waals surface area contributed by atoms with E-state index in [0.717, 1.165) is 30.1 Å². The van der Waals surface area contributed by atoms with E-state index in [1.807, 2.05) is 7.05 Å². The molecule has 2 aliphatic rings. The zero-order chi connectivity index (χ0) is 29.0. The molecule has 3 unspecified atom stereocenters. The van der Waals surface area contributed by atoms with Crippen LogP contribution >= 0.6 is 22.9 Å². The van der Waals surface area contributed by atoms with Gasteiger partial charge in [-0.3, -0.25) is 24.8 Å². The van der Waals surface area contributed by atoms with Gasteiger partial charge in [0.1, 0.15) is 5.82 Å². The topological polar surface area (TPSA) is 135 Å². The van der Waals surface area contributed by atoms with E-state index in [1.54, 1.807) is 50.2 Å². The van der Waals surface area contributed by atoms with Gasteiger partial charge in [-0.05, 0) is 38.4 Å². The Bertz CT molecular complexity index is 1260. The van der Waals surface area contributed by atoms with E-state index in [0.29, 0.717) is 35.1 Å². The van der Waals surface area contributed by atoms with Gasteiger partial charge in [-0.15, -0.1) is 11.3 Å². The number of halogens is 1. The fourth-order valence-corrected chi connectivity index (χ4v) is 6.05. The number of anilines is 1. The summed E-state index contributed by atoms with van der Waals surface area (Å²) < 4.78 is 0. The van der Waals surface area contributed by atoms with Crippen molar-refractivity contribution in [2.75, 3.05) is 47.1 Å². The highest BCUT2D eigenvalue weighted by Crippen LogP contribution is 2.30. The number of nitrogens with zero attached hydrogens (tertiary/aromatic N) is 6. The molecule has 0 saturated heterocycles. The van der Waals surface area contributed by atoms with Gasteiger partial charge in [0.15, 0.2) is 5.01 Å². The summed E-state index contributed by atoms with van der Waals surface area (Å²) in [6.07, 6.45) is 3.75. The molecule has 40 heavy (non-hydrogen) atoms. The number of carbonyl (C=O) groups excluding carboxylic acids is 3. The van der Waals surface area contributed by atoms with E-state index < -0.39 is 18.0 Å². The maximum Gasteiger partial charge on any atom is 0.293 e. The molecule has 4 rings (SSSR count). The standard InChI is InChI=1S/C26H36ClN9O3S/c1-34(2)26(39)15-6-8-17(29-22(33-35(3)4)23(37)32-21-9-7-16(27)13-28-21)19(12-15)30-24(38)25-31-18-10-11-36(5)14-20(18)40-25/h7,9,13,15,17,19H,6,8,10-12,14H2,1-5H3,(H,29,33)(H,30,38)(H,28,32,37). The highest BCUT2D eigenvalue weighted by atomic mass is 35.5. The summed E-state index contributed by atoms with van der Waals surface area (Å²) in [5.41, 5.74) is 3.94. The summed E-state index contributed by atoms with van der Waals surface area (Å²) in [6.45, 7) is 1.67. The molecule has 12 nitrogen and oxygen atoms in total. The van der Waals surface area contributed by atoms with Crippen molar-refractivity contribution in [1.82, 2.24) is 35.5 Å². The van der Waals surface area contributed by atoms with E-state index in [2.05, 4.69) is 30.9 Å². The predicted octanol–water partition coefficient (Wildman–Crippen LogP) is 1.64. The first-order valence-corrected chi connectivity index (χ1v) is 14.3. The lowest BCUT2D eigenvalue weighted by Gasteiger charge is -2.35. The van der Waals surface area contributed by atoms with Crippen LogP contribution in [0.2, 0.25) is 5.02 Å². The minimum Gasteiger partial charge on any atom is -0.349 e. The third-order valence-corrected chi connectivity index (χ3v) is 8.15. The molecule has 1 saturated carbocycles. The molecule has 3 N–H and O–H groups in total. The molecule has 2 aromatic heterocycles. The first-order valence-electron chi connectivity index (χ1n) is 13.1. The number of rotatable bonds is 6. The highest BCUT2D eigenvalue weighted by Gasteiger charge is 2.37. The second-order valence-electron chi connectivity index (χ2n) is 10.6. The van der Waals surface area contributed by atoms with E-state index in [4.69, 9.17) is 16.6 Å². The van der Waals surface area contributed by atoms with Gasteiger partial charge in [-0.1, -0.05) is 11.6 Å². The van der Waals surface area contributed by atoms with Crippen molar-refractivity contribution in [2.24, 2.45) is 10.9 Å². The molecule has 0 radical (unpaired) electrons. The zero-order valence-corrected chi connectivity index (χ0v) is 25.0. The van der Waals surface area contributed by atoms with Crippen LogP contribution in [0.15, 0.2) is 23.3 Å². The average Bonchev–Trinajstić information content (AvgIpc) is 3.33. The molecule has 1 fully saturated rings. The average molecular weight is 590 g/mol. The zero-order valence-electron chi connectivity index (χ0n) is 23.4. The molecule has 14 heteroatoms. The van der Waals surface area contributed by atoms with Crippen molar-refractivity contribution in [3.8, 4) is 0 Å². The number of pyridine rings is 1. The summed E-state index contributed by atoms with van der Waals surface area (Å²) >= 11 is 7.32. The number of carbonyl (C=O) groups is 3. The van der Waals surface area contributed by atoms with E-state index in [9.17, 15) is 14.4 Å². The van der Waals surface area contributed by atoms with E-state index in [-0.39, 0.29) is 23.6 Å². The Balaban J connectivity index is 1.58. The number of hydrazine groups is 1. The highest BCUT2D eigenvalue weighted by molar-refractivity contribution is 7.13. The van der Waals surface area contributed by atoms with Crippen LogP contribution in [-0.4, -0.2) is 102 Å². The first-order chi connectivity index (χ1) is 19.0. The van der Waals surface area contributed by atoms with Gasteiger partial charge in [0, 0.05) is 64.7 Å². The minimum absolute atomic E-state index is 0.00706. The number of amidine groups is 1.